The van der Waals surface area contributed by atoms with Crippen LogP contribution in [0.25, 0.3) is 0 Å². The molecule has 0 atom stereocenters. The lowest BCUT2D eigenvalue weighted by Gasteiger charge is -2.09. The zero-order valence-electron chi connectivity index (χ0n) is 16.3. The van der Waals surface area contributed by atoms with Gasteiger partial charge in [0.1, 0.15) is 0 Å². The monoisotopic (exact) mass is 374 g/mol. The van der Waals surface area contributed by atoms with Crippen molar-refractivity contribution in [2.45, 2.75) is 109 Å². The Hall–Kier alpha value is -0.203. The summed E-state index contributed by atoms with van der Waals surface area (Å²) in [6.45, 7) is 4.00. The fourth-order valence-electron chi connectivity index (χ4n) is 3.07. The summed E-state index contributed by atoms with van der Waals surface area (Å²) in [7, 11) is -4.27. The normalized spacial score (nSPS) is 11.8. The second kappa shape index (κ2) is 18.6. The van der Waals surface area contributed by atoms with Gasteiger partial charge in [0.25, 0.3) is 0 Å². The summed E-state index contributed by atoms with van der Waals surface area (Å²) in [5.74, 6) is 0. The van der Waals surface area contributed by atoms with E-state index >= 15 is 0 Å². The molecule has 5 heteroatoms. The first-order chi connectivity index (χ1) is 12.1. The third-order valence-corrected chi connectivity index (χ3v) is 5.19. The Morgan fingerprint density at radius 3 is 1.20 bits per heavy atom. The Bertz CT molecular complexity index is 279. The van der Waals surface area contributed by atoms with Gasteiger partial charge in [-0.1, -0.05) is 96.0 Å². The fourth-order valence-corrected chi connectivity index (χ4v) is 3.49. The third-order valence-electron chi connectivity index (χ3n) is 4.60. The quantitative estimate of drug-likeness (QED) is 0.155. The third kappa shape index (κ3) is 23.8. The van der Waals surface area contributed by atoms with E-state index in [1.54, 1.807) is 0 Å². The van der Waals surface area contributed by atoms with E-state index < -0.39 is 9.05 Å². The van der Waals surface area contributed by atoms with Crippen LogP contribution >= 0.6 is 0 Å². The summed E-state index contributed by atoms with van der Waals surface area (Å²) in [5, 5.41) is 0. The molecule has 0 aliphatic rings. The van der Waals surface area contributed by atoms with Gasteiger partial charge in [-0.05, 0) is 19.3 Å². The van der Waals surface area contributed by atoms with E-state index in [9.17, 15) is 0 Å². The molecule has 3 N–H and O–H groups in total. The first-order valence-electron chi connectivity index (χ1n) is 10.5. The maximum Gasteiger partial charge on any atom is 0.671 e. The van der Waals surface area contributed by atoms with Gasteiger partial charge in [0.2, 0.25) is 0 Å². The molecule has 4 nitrogen and oxygen atoms in total. The SMILES string of the molecule is C=CCCCCCCCCCCCCCCCCCCO[Si](O)(O)O. The molecule has 0 aliphatic carbocycles. The maximum atomic E-state index is 8.69. The van der Waals surface area contributed by atoms with Crippen LogP contribution in [0, 0.1) is 0 Å². The molecule has 0 amide bonds. The number of hydrogen-bond donors (Lipinski definition) is 3. The molecule has 0 heterocycles. The van der Waals surface area contributed by atoms with Gasteiger partial charge in [0.05, 0.1) is 0 Å². The highest BCUT2D eigenvalue weighted by atomic mass is 28.4. The maximum absolute atomic E-state index is 8.69. The minimum absolute atomic E-state index is 0.241. The Kier molecular flexibility index (Phi) is 18.4. The average Bonchev–Trinajstić information content (AvgIpc) is 2.56. The zero-order valence-corrected chi connectivity index (χ0v) is 17.3. The molecule has 0 saturated carbocycles. The van der Waals surface area contributed by atoms with Crippen LogP contribution in [0.5, 0.6) is 0 Å². The van der Waals surface area contributed by atoms with E-state index in [4.69, 9.17) is 14.4 Å². The Balaban J connectivity index is 3.02. The number of allylic oxidation sites excluding steroid dienone is 1. The van der Waals surface area contributed by atoms with Crippen molar-refractivity contribution in [3.05, 3.63) is 12.7 Å². The Labute approximate surface area is 156 Å². The van der Waals surface area contributed by atoms with Gasteiger partial charge in [0.15, 0.2) is 0 Å². The molecule has 0 radical (unpaired) electrons. The van der Waals surface area contributed by atoms with Gasteiger partial charge >= 0.3 is 9.05 Å². The molecule has 0 spiro atoms. The highest BCUT2D eigenvalue weighted by molar-refractivity contribution is 6.48. The van der Waals surface area contributed by atoms with Crippen LogP contribution in [-0.2, 0) is 4.43 Å². The van der Waals surface area contributed by atoms with Crippen molar-refractivity contribution in [1.82, 2.24) is 0 Å². The lowest BCUT2D eigenvalue weighted by Crippen LogP contribution is -2.39. The fraction of sp³-hybridized carbons (Fsp3) is 0.900. The summed E-state index contributed by atoms with van der Waals surface area (Å²) in [6, 6.07) is 0. The van der Waals surface area contributed by atoms with Crippen LogP contribution in [0.2, 0.25) is 0 Å². The van der Waals surface area contributed by atoms with E-state index in [0.29, 0.717) is 0 Å². The van der Waals surface area contributed by atoms with Crippen molar-refractivity contribution in [2.75, 3.05) is 6.61 Å². The second-order valence-corrected chi connectivity index (χ2v) is 8.59. The molecule has 0 aliphatic heterocycles. The molecule has 0 fully saturated rings. The van der Waals surface area contributed by atoms with Gasteiger partial charge in [-0.15, -0.1) is 6.58 Å². The summed E-state index contributed by atoms with van der Waals surface area (Å²) < 4.78 is 4.56. The molecule has 0 saturated heterocycles. The molecule has 0 unspecified atom stereocenters. The van der Waals surface area contributed by atoms with Crippen molar-refractivity contribution in [3.8, 4) is 0 Å². The number of hydrogen-bond acceptors (Lipinski definition) is 4. The van der Waals surface area contributed by atoms with E-state index in [1.165, 1.54) is 89.9 Å². The van der Waals surface area contributed by atoms with Gasteiger partial charge in [-0.2, -0.15) is 0 Å². The topological polar surface area (TPSA) is 69.9 Å². The second-order valence-electron chi connectivity index (χ2n) is 7.16. The van der Waals surface area contributed by atoms with Crippen molar-refractivity contribution in [2.24, 2.45) is 0 Å². The van der Waals surface area contributed by atoms with Crippen LogP contribution in [-0.4, -0.2) is 30.0 Å². The first kappa shape index (κ1) is 24.8. The van der Waals surface area contributed by atoms with Crippen molar-refractivity contribution in [3.63, 3.8) is 0 Å². The van der Waals surface area contributed by atoms with Gasteiger partial charge in [-0.25, -0.2) is 0 Å². The van der Waals surface area contributed by atoms with Crippen molar-refractivity contribution in [1.29, 1.82) is 0 Å². The lowest BCUT2D eigenvalue weighted by atomic mass is 10.0. The minimum atomic E-state index is -4.27. The van der Waals surface area contributed by atoms with Crippen molar-refractivity contribution >= 4 is 9.05 Å². The predicted molar refractivity (Wildman–Crippen MR) is 107 cm³/mol. The molecule has 25 heavy (non-hydrogen) atoms. The van der Waals surface area contributed by atoms with Crippen molar-refractivity contribution < 1.29 is 18.8 Å². The molecular formula is C20H42O4Si. The first-order valence-corrected chi connectivity index (χ1v) is 12.2. The Morgan fingerprint density at radius 2 is 0.880 bits per heavy atom. The zero-order chi connectivity index (χ0) is 18.6. The van der Waals surface area contributed by atoms with Gasteiger partial charge < -0.3 is 18.8 Å². The van der Waals surface area contributed by atoms with E-state index in [2.05, 4.69) is 11.0 Å². The summed E-state index contributed by atoms with van der Waals surface area (Å²) in [6.07, 6.45) is 23.9. The highest BCUT2D eigenvalue weighted by Gasteiger charge is 2.29. The van der Waals surface area contributed by atoms with Crippen LogP contribution in [0.1, 0.15) is 109 Å². The van der Waals surface area contributed by atoms with Gasteiger partial charge in [-0.3, -0.25) is 0 Å². The predicted octanol–water partition coefficient (Wildman–Crippen LogP) is 5.23. The van der Waals surface area contributed by atoms with Crippen LogP contribution in [0.4, 0.5) is 0 Å². The largest absolute Gasteiger partial charge is 0.671 e. The number of unbranched alkanes of at least 4 members (excludes halogenated alkanes) is 16. The molecule has 150 valence electrons. The van der Waals surface area contributed by atoms with E-state index in [-0.39, 0.29) is 6.61 Å². The lowest BCUT2D eigenvalue weighted by molar-refractivity contribution is 0.0618. The minimum Gasteiger partial charge on any atom is -0.368 e. The molecular weight excluding hydrogens is 332 g/mol. The van der Waals surface area contributed by atoms with E-state index in [0.717, 1.165) is 19.3 Å². The summed E-state index contributed by atoms with van der Waals surface area (Å²) in [5.41, 5.74) is 0. The molecule has 0 aromatic rings. The Morgan fingerprint density at radius 1 is 0.560 bits per heavy atom. The molecule has 0 rings (SSSR count). The molecule has 0 aromatic carbocycles. The molecule has 0 bridgehead atoms. The van der Waals surface area contributed by atoms with Crippen LogP contribution < -0.4 is 0 Å². The number of rotatable bonds is 20. The van der Waals surface area contributed by atoms with Gasteiger partial charge in [0, 0.05) is 6.61 Å². The van der Waals surface area contributed by atoms with E-state index in [1.807, 2.05) is 6.08 Å². The standard InChI is InChI=1S/C20H42O4Si/c1-2-3-4-5-6-7-8-9-10-11-12-13-14-15-16-17-18-19-20-24-25(21,22)23/h2,21-23H,1,3-20H2. The summed E-state index contributed by atoms with van der Waals surface area (Å²) >= 11 is 0. The summed E-state index contributed by atoms with van der Waals surface area (Å²) in [4.78, 5) is 26.1. The van der Waals surface area contributed by atoms with Crippen LogP contribution in [0.15, 0.2) is 12.7 Å². The average molecular weight is 375 g/mol. The smallest absolute Gasteiger partial charge is 0.368 e. The highest BCUT2D eigenvalue weighted by Crippen LogP contribution is 2.14. The van der Waals surface area contributed by atoms with Crippen LogP contribution in [0.3, 0.4) is 0 Å². The molecule has 0 aromatic heterocycles.